The number of aromatic nitrogens is 2. The number of pyridine rings is 2. The lowest BCUT2D eigenvalue weighted by Crippen LogP contribution is -2.37. The summed E-state index contributed by atoms with van der Waals surface area (Å²) in [5.41, 5.74) is 10.1. The first kappa shape index (κ1) is 26.9. The van der Waals surface area contributed by atoms with E-state index >= 15 is 0 Å². The van der Waals surface area contributed by atoms with E-state index in [1.807, 2.05) is 38.7 Å². The van der Waals surface area contributed by atoms with Crippen LogP contribution in [-0.4, -0.2) is 42.5 Å². The number of amides is 1. The molecule has 0 bridgehead atoms. The van der Waals surface area contributed by atoms with E-state index < -0.39 is 15.9 Å². The molecule has 1 amide bonds. The van der Waals surface area contributed by atoms with Gasteiger partial charge in [-0.15, -0.1) is 0 Å². The molecule has 38 heavy (non-hydrogen) atoms. The summed E-state index contributed by atoms with van der Waals surface area (Å²) >= 11 is 0. The first-order valence-corrected chi connectivity index (χ1v) is 13.7. The molecule has 0 spiro atoms. The van der Waals surface area contributed by atoms with Crippen LogP contribution in [0, 0.1) is 0 Å². The van der Waals surface area contributed by atoms with Crippen molar-refractivity contribution in [2.45, 2.75) is 63.6 Å². The van der Waals surface area contributed by atoms with Gasteiger partial charge < -0.3 is 9.64 Å². The van der Waals surface area contributed by atoms with Crippen LogP contribution in [0.5, 0.6) is 5.88 Å². The maximum atomic E-state index is 13.4. The van der Waals surface area contributed by atoms with Gasteiger partial charge in [-0.25, -0.2) is 23.1 Å². The number of benzene rings is 1. The first-order chi connectivity index (χ1) is 18.1. The summed E-state index contributed by atoms with van der Waals surface area (Å²) < 4.78 is 33.9. The van der Waals surface area contributed by atoms with Gasteiger partial charge in [0.1, 0.15) is 5.82 Å². The lowest BCUT2D eigenvalue weighted by molar-refractivity contribution is 0.0981. The summed E-state index contributed by atoms with van der Waals surface area (Å²) in [5.74, 6) is 0.0476. The molecule has 1 unspecified atom stereocenters. The van der Waals surface area contributed by atoms with E-state index in [1.54, 1.807) is 24.4 Å². The molecule has 0 saturated carbocycles. The zero-order valence-electron chi connectivity index (χ0n) is 21.6. The Labute approximate surface area is 221 Å². The van der Waals surface area contributed by atoms with Crippen LogP contribution in [0.2, 0.25) is 0 Å². The third kappa shape index (κ3) is 5.71. The van der Waals surface area contributed by atoms with Crippen LogP contribution in [0.15, 0.2) is 64.7 Å². The van der Waals surface area contributed by atoms with Gasteiger partial charge in [-0.2, -0.15) is 0 Å². The number of nitrogens with zero attached hydrogens (tertiary/aromatic N) is 6. The highest BCUT2D eigenvalue weighted by atomic mass is 32.2. The quantitative estimate of drug-likeness (QED) is 0.231. The highest BCUT2D eigenvalue weighted by Gasteiger charge is 2.33. The number of sulfonamides is 1. The van der Waals surface area contributed by atoms with Crippen molar-refractivity contribution in [2.75, 3.05) is 4.90 Å². The zero-order chi connectivity index (χ0) is 27.4. The topological polar surface area (TPSA) is 150 Å². The molecular weight excluding hydrogens is 506 g/mol. The fraction of sp³-hybridized carbons (Fsp3) is 0.346. The number of hydrogen-bond acceptors (Lipinski definition) is 8. The SMILES string of the molecule is CC(C)Oc1ccc(-c2ccc(C(=O)NS(=O)(=O)c3ccccc3N=[N+]=[N-])c(N3C(C)CC[C@@H]3C)n2)cn1. The normalized spacial score (nSPS) is 17.2. The molecule has 3 heterocycles. The summed E-state index contributed by atoms with van der Waals surface area (Å²) in [7, 11) is -4.34. The van der Waals surface area contributed by atoms with E-state index in [1.165, 1.54) is 24.3 Å². The highest BCUT2D eigenvalue weighted by Crippen LogP contribution is 2.34. The molecule has 1 aromatic carbocycles. The Kier molecular flexibility index (Phi) is 7.84. The maximum Gasteiger partial charge on any atom is 0.268 e. The van der Waals surface area contributed by atoms with E-state index in [9.17, 15) is 13.2 Å². The number of rotatable bonds is 8. The monoisotopic (exact) mass is 535 g/mol. The number of anilines is 1. The van der Waals surface area contributed by atoms with E-state index in [0.29, 0.717) is 17.4 Å². The zero-order valence-corrected chi connectivity index (χ0v) is 22.4. The minimum atomic E-state index is -4.34. The molecule has 198 valence electrons. The number of carbonyl (C=O) groups is 1. The van der Waals surface area contributed by atoms with Crippen LogP contribution < -0.4 is 14.4 Å². The Hall–Kier alpha value is -4.15. The minimum Gasteiger partial charge on any atom is -0.475 e. The second-order valence-corrected chi connectivity index (χ2v) is 11.0. The molecule has 11 nitrogen and oxygen atoms in total. The Bertz CT molecular complexity index is 1480. The van der Waals surface area contributed by atoms with Gasteiger partial charge in [0.05, 0.1) is 27.9 Å². The number of nitrogens with one attached hydrogen (secondary N) is 1. The molecule has 1 fully saturated rings. The van der Waals surface area contributed by atoms with Crippen molar-refractivity contribution >= 4 is 27.4 Å². The molecule has 2 atom stereocenters. The fourth-order valence-corrected chi connectivity index (χ4v) is 5.59. The summed E-state index contributed by atoms with van der Waals surface area (Å²) in [6, 6.07) is 12.7. The summed E-state index contributed by atoms with van der Waals surface area (Å²) in [4.78, 5) is 27.0. The van der Waals surface area contributed by atoms with E-state index in [4.69, 9.17) is 15.3 Å². The molecule has 1 saturated heterocycles. The average molecular weight is 536 g/mol. The maximum absolute atomic E-state index is 13.4. The Morgan fingerprint density at radius 3 is 2.47 bits per heavy atom. The van der Waals surface area contributed by atoms with Crippen LogP contribution in [0.25, 0.3) is 21.7 Å². The van der Waals surface area contributed by atoms with Gasteiger partial charge in [-0.1, -0.05) is 23.3 Å². The lowest BCUT2D eigenvalue weighted by Gasteiger charge is -2.29. The average Bonchev–Trinajstić information content (AvgIpc) is 3.21. The number of azide groups is 1. The molecule has 1 aliphatic heterocycles. The molecule has 3 aromatic rings. The van der Waals surface area contributed by atoms with Crippen molar-refractivity contribution in [2.24, 2.45) is 5.11 Å². The number of hydrogen-bond donors (Lipinski definition) is 1. The predicted molar refractivity (Wildman–Crippen MR) is 144 cm³/mol. The van der Waals surface area contributed by atoms with Crippen molar-refractivity contribution in [3.8, 4) is 17.1 Å². The lowest BCUT2D eigenvalue weighted by atomic mass is 10.1. The van der Waals surface area contributed by atoms with Crippen LogP contribution in [-0.2, 0) is 10.0 Å². The second kappa shape index (κ2) is 11.1. The third-order valence-corrected chi connectivity index (χ3v) is 7.62. The van der Waals surface area contributed by atoms with Crippen LogP contribution in [0.1, 0.15) is 50.9 Å². The summed E-state index contributed by atoms with van der Waals surface area (Å²) in [6.07, 6.45) is 3.46. The number of ether oxygens (including phenoxy) is 1. The third-order valence-electron chi connectivity index (χ3n) is 6.24. The van der Waals surface area contributed by atoms with Gasteiger partial charge in [-0.05, 0) is 70.3 Å². The largest absolute Gasteiger partial charge is 0.475 e. The van der Waals surface area contributed by atoms with Crippen molar-refractivity contribution in [3.63, 3.8) is 0 Å². The standard InChI is InChI=1S/C26H29N7O4S/c1-16(2)37-24-14-11-19(15-28-24)21-13-12-20(25(29-21)33-17(3)9-10-18(33)4)26(34)31-38(35,36)23-8-6-5-7-22(23)30-32-27/h5-8,11-18H,9-10H2,1-4H3,(H,31,34)/t17-,18?/m0/s1. The van der Waals surface area contributed by atoms with Crippen molar-refractivity contribution in [3.05, 3.63) is 70.7 Å². The van der Waals surface area contributed by atoms with Gasteiger partial charge in [-0.3, -0.25) is 4.79 Å². The molecule has 1 aliphatic rings. The van der Waals surface area contributed by atoms with Gasteiger partial charge in [0.15, 0.2) is 0 Å². The fourth-order valence-electron chi connectivity index (χ4n) is 4.49. The van der Waals surface area contributed by atoms with Crippen molar-refractivity contribution in [1.82, 2.24) is 14.7 Å². The predicted octanol–water partition coefficient (Wildman–Crippen LogP) is 5.37. The van der Waals surface area contributed by atoms with Crippen molar-refractivity contribution in [1.29, 1.82) is 0 Å². The highest BCUT2D eigenvalue weighted by molar-refractivity contribution is 7.90. The van der Waals surface area contributed by atoms with Gasteiger partial charge in [0.25, 0.3) is 15.9 Å². The second-order valence-electron chi connectivity index (χ2n) is 9.39. The van der Waals surface area contributed by atoms with Gasteiger partial charge in [0, 0.05) is 34.8 Å². The first-order valence-electron chi connectivity index (χ1n) is 12.2. The molecular formula is C26H29N7O4S. The van der Waals surface area contributed by atoms with Crippen LogP contribution in [0.4, 0.5) is 11.5 Å². The molecule has 12 heteroatoms. The Balaban J connectivity index is 1.73. The molecule has 1 N–H and O–H groups in total. The Morgan fingerprint density at radius 2 is 1.84 bits per heavy atom. The minimum absolute atomic E-state index is 0.0102. The van der Waals surface area contributed by atoms with Gasteiger partial charge in [0.2, 0.25) is 5.88 Å². The van der Waals surface area contributed by atoms with E-state index in [0.717, 1.165) is 18.4 Å². The summed E-state index contributed by atoms with van der Waals surface area (Å²) in [5, 5.41) is 3.44. The molecule has 0 radical (unpaired) electrons. The number of carbonyl (C=O) groups excluding carboxylic acids is 1. The summed E-state index contributed by atoms with van der Waals surface area (Å²) in [6.45, 7) is 7.93. The van der Waals surface area contributed by atoms with E-state index in [2.05, 4.69) is 19.7 Å². The van der Waals surface area contributed by atoms with Crippen LogP contribution >= 0.6 is 0 Å². The molecule has 2 aromatic heterocycles. The Morgan fingerprint density at radius 1 is 1.13 bits per heavy atom. The molecule has 4 rings (SSSR count). The van der Waals surface area contributed by atoms with Crippen molar-refractivity contribution < 1.29 is 17.9 Å². The molecule has 0 aliphatic carbocycles. The smallest absolute Gasteiger partial charge is 0.268 e. The van der Waals surface area contributed by atoms with Gasteiger partial charge >= 0.3 is 0 Å². The van der Waals surface area contributed by atoms with E-state index in [-0.39, 0.29) is 34.3 Å². The van der Waals surface area contributed by atoms with Crippen LogP contribution in [0.3, 0.4) is 0 Å².